The number of unbranched alkanes of at least 4 members (excludes halogenated alkanes) is 2. The van der Waals surface area contributed by atoms with Crippen molar-refractivity contribution in [3.8, 4) is 0 Å². The average Bonchev–Trinajstić information content (AvgIpc) is 3.02. The molecule has 0 saturated heterocycles. The molecule has 6 heteroatoms. The fraction of sp³-hybridized carbons (Fsp3) is 0.654. The summed E-state index contributed by atoms with van der Waals surface area (Å²) in [5, 5.41) is 20.8. The smallest absolute Gasteiger partial charge is 0.190 e. The number of Topliss-reactive ketones (excluding diaryl/α,β-unsaturated/α-hetero) is 2. The van der Waals surface area contributed by atoms with Gasteiger partial charge in [-0.2, -0.15) is 0 Å². The molecule has 0 aromatic rings. The molecule has 0 unspecified atom stereocenters. The highest BCUT2D eigenvalue weighted by Gasteiger charge is 2.68. The van der Waals surface area contributed by atoms with E-state index >= 15 is 0 Å². The van der Waals surface area contributed by atoms with E-state index in [1.807, 2.05) is 26.0 Å². The summed E-state index contributed by atoms with van der Waals surface area (Å²) in [4.78, 5) is 38.4. The maximum atomic E-state index is 13.6. The monoisotopic (exact) mass is 442 g/mol. The highest BCUT2D eigenvalue weighted by Crippen LogP contribution is 2.65. The molecule has 0 radical (unpaired) electrons. The lowest BCUT2D eigenvalue weighted by Gasteiger charge is -2.55. The van der Waals surface area contributed by atoms with Gasteiger partial charge in [-0.1, -0.05) is 39.7 Å². The van der Waals surface area contributed by atoms with Crippen LogP contribution in [0.5, 0.6) is 0 Å². The second-order valence-electron chi connectivity index (χ2n) is 10.4. The lowest BCUT2D eigenvalue weighted by atomic mass is 9.48. The molecule has 0 bridgehead atoms. The molecule has 6 atom stereocenters. The highest BCUT2D eigenvalue weighted by molar-refractivity contribution is 6.02. The van der Waals surface area contributed by atoms with Gasteiger partial charge in [-0.3, -0.25) is 14.4 Å². The zero-order chi connectivity index (χ0) is 23.3. The minimum atomic E-state index is -1.71. The summed E-state index contributed by atoms with van der Waals surface area (Å²) >= 11 is 0. The average molecular weight is 443 g/mol. The molecule has 6 nitrogen and oxygen atoms in total. The van der Waals surface area contributed by atoms with E-state index in [0.717, 1.165) is 24.8 Å². The van der Waals surface area contributed by atoms with Crippen molar-refractivity contribution in [2.45, 2.75) is 64.9 Å². The predicted octanol–water partition coefficient (Wildman–Crippen LogP) is 3.08. The predicted molar refractivity (Wildman–Crippen MR) is 118 cm³/mol. The van der Waals surface area contributed by atoms with Gasteiger partial charge in [0.2, 0.25) is 0 Å². The Morgan fingerprint density at radius 3 is 2.69 bits per heavy atom. The number of ketones is 3. The standard InChI is InChI=1S/C26H34O6/c1-4-5-6-11-32-21-13-17-18-8-10-26(31,22(30)15-27)25(18,3)14-20(29)23(17)24(2)9-7-16(28)12-19(21)24/h7,9,12-13,17-18,23,27,31H,4-6,8,10-11,14-15H2,1-3H3/t17-,18-,23+,24-,25-,26-/m0/s1. The number of hydrogen-bond donors (Lipinski definition) is 2. The number of allylic oxidation sites excluding steroid dienone is 5. The van der Waals surface area contributed by atoms with E-state index in [1.54, 1.807) is 6.08 Å². The van der Waals surface area contributed by atoms with Crippen LogP contribution in [0.25, 0.3) is 0 Å². The molecule has 4 aliphatic carbocycles. The first kappa shape index (κ1) is 23.1. The van der Waals surface area contributed by atoms with Gasteiger partial charge >= 0.3 is 0 Å². The Bertz CT molecular complexity index is 929. The molecular formula is C26H34O6. The van der Waals surface area contributed by atoms with Gasteiger partial charge in [0, 0.05) is 28.7 Å². The minimum absolute atomic E-state index is 0.0199. The summed E-state index contributed by atoms with van der Waals surface area (Å²) < 4.78 is 6.18. The Hall–Kier alpha value is -2.05. The Morgan fingerprint density at radius 2 is 2.00 bits per heavy atom. The Balaban J connectivity index is 1.78. The molecule has 174 valence electrons. The number of aliphatic hydroxyl groups is 2. The van der Waals surface area contributed by atoms with Gasteiger partial charge < -0.3 is 14.9 Å². The Morgan fingerprint density at radius 1 is 1.25 bits per heavy atom. The fourth-order valence-corrected chi connectivity index (χ4v) is 6.85. The fourth-order valence-electron chi connectivity index (χ4n) is 6.85. The summed E-state index contributed by atoms with van der Waals surface area (Å²) in [6, 6.07) is 0. The third-order valence-corrected chi connectivity index (χ3v) is 8.64. The molecule has 0 aliphatic heterocycles. The van der Waals surface area contributed by atoms with Crippen LogP contribution in [0.3, 0.4) is 0 Å². The van der Waals surface area contributed by atoms with Gasteiger partial charge in [0.25, 0.3) is 0 Å². The van der Waals surface area contributed by atoms with E-state index < -0.39 is 28.8 Å². The number of carbonyl (C=O) groups is 3. The van der Waals surface area contributed by atoms with E-state index in [9.17, 15) is 24.6 Å². The maximum absolute atomic E-state index is 13.6. The van der Waals surface area contributed by atoms with E-state index in [-0.39, 0.29) is 42.2 Å². The SMILES string of the molecule is CCCCCOC1=C[C@@H]2[C@H](C(=O)C[C@@]3(C)[C@H]2CC[C@]3(O)C(=O)CO)[C@@]2(C)C=CC(=O)C=C12. The molecule has 0 spiro atoms. The van der Waals surface area contributed by atoms with Gasteiger partial charge in [0.05, 0.1) is 6.61 Å². The van der Waals surface area contributed by atoms with Crippen molar-refractivity contribution in [3.05, 3.63) is 35.6 Å². The van der Waals surface area contributed by atoms with Gasteiger partial charge in [-0.25, -0.2) is 0 Å². The van der Waals surface area contributed by atoms with Crippen LogP contribution in [0.1, 0.15) is 59.3 Å². The first-order chi connectivity index (χ1) is 15.1. The molecule has 4 rings (SSSR count). The van der Waals surface area contributed by atoms with Crippen molar-refractivity contribution in [2.75, 3.05) is 13.2 Å². The first-order valence-electron chi connectivity index (χ1n) is 11.8. The normalized spacial score (nSPS) is 40.2. The van der Waals surface area contributed by atoms with Crippen LogP contribution in [0, 0.1) is 28.6 Å². The maximum Gasteiger partial charge on any atom is 0.190 e. The largest absolute Gasteiger partial charge is 0.494 e. The third kappa shape index (κ3) is 3.18. The molecule has 2 saturated carbocycles. The summed E-state index contributed by atoms with van der Waals surface area (Å²) in [6.07, 6.45) is 10.9. The summed E-state index contributed by atoms with van der Waals surface area (Å²) in [5.41, 5.74) is -2.58. The Labute approximate surface area is 189 Å². The number of aliphatic hydroxyl groups excluding tert-OH is 1. The molecule has 0 heterocycles. The zero-order valence-corrected chi connectivity index (χ0v) is 19.2. The van der Waals surface area contributed by atoms with E-state index in [2.05, 4.69) is 6.92 Å². The van der Waals surface area contributed by atoms with Crippen LogP contribution < -0.4 is 0 Å². The first-order valence-corrected chi connectivity index (χ1v) is 11.8. The van der Waals surface area contributed by atoms with Crippen LogP contribution in [0.15, 0.2) is 35.6 Å². The lowest BCUT2D eigenvalue weighted by Crippen LogP contribution is -2.60. The van der Waals surface area contributed by atoms with Crippen LogP contribution in [-0.4, -0.2) is 46.4 Å². The van der Waals surface area contributed by atoms with Crippen molar-refractivity contribution in [1.82, 2.24) is 0 Å². The van der Waals surface area contributed by atoms with Crippen molar-refractivity contribution < 1.29 is 29.3 Å². The number of fused-ring (bicyclic) bond motifs is 5. The minimum Gasteiger partial charge on any atom is -0.494 e. The molecule has 0 amide bonds. The highest BCUT2D eigenvalue weighted by atomic mass is 16.5. The van der Waals surface area contributed by atoms with Gasteiger partial charge in [-0.05, 0) is 49.3 Å². The van der Waals surface area contributed by atoms with Crippen molar-refractivity contribution >= 4 is 17.3 Å². The van der Waals surface area contributed by atoms with Gasteiger partial charge in [0.15, 0.2) is 11.6 Å². The molecule has 2 N–H and O–H groups in total. The second kappa shape index (κ2) is 8.07. The quantitative estimate of drug-likeness (QED) is 0.588. The molecule has 32 heavy (non-hydrogen) atoms. The topological polar surface area (TPSA) is 101 Å². The second-order valence-corrected chi connectivity index (χ2v) is 10.4. The lowest BCUT2D eigenvalue weighted by molar-refractivity contribution is -0.165. The van der Waals surface area contributed by atoms with E-state index in [0.29, 0.717) is 18.8 Å². The van der Waals surface area contributed by atoms with Crippen molar-refractivity contribution in [1.29, 1.82) is 0 Å². The molecule has 4 aliphatic rings. The van der Waals surface area contributed by atoms with Gasteiger partial charge in [0.1, 0.15) is 23.8 Å². The van der Waals surface area contributed by atoms with Crippen LogP contribution in [0.4, 0.5) is 0 Å². The Kier molecular flexibility index (Phi) is 5.83. The third-order valence-electron chi connectivity index (χ3n) is 8.64. The van der Waals surface area contributed by atoms with Crippen LogP contribution >= 0.6 is 0 Å². The number of carbonyl (C=O) groups excluding carboxylic acids is 3. The molecule has 0 aromatic heterocycles. The number of ether oxygens (including phenoxy) is 1. The summed E-state index contributed by atoms with van der Waals surface area (Å²) in [5.74, 6) is -0.814. The van der Waals surface area contributed by atoms with Crippen LogP contribution in [-0.2, 0) is 19.1 Å². The molecule has 2 fully saturated rings. The molecular weight excluding hydrogens is 408 g/mol. The number of rotatable bonds is 7. The summed E-state index contributed by atoms with van der Waals surface area (Å²) in [7, 11) is 0. The number of hydrogen-bond acceptors (Lipinski definition) is 6. The summed E-state index contributed by atoms with van der Waals surface area (Å²) in [6.45, 7) is 5.72. The van der Waals surface area contributed by atoms with Gasteiger partial charge in [-0.15, -0.1) is 0 Å². The van der Waals surface area contributed by atoms with Crippen LogP contribution in [0.2, 0.25) is 0 Å². The van der Waals surface area contributed by atoms with Crippen molar-refractivity contribution in [2.24, 2.45) is 28.6 Å². The van der Waals surface area contributed by atoms with Crippen molar-refractivity contribution in [3.63, 3.8) is 0 Å². The van der Waals surface area contributed by atoms with E-state index in [4.69, 9.17) is 4.74 Å². The zero-order valence-electron chi connectivity index (χ0n) is 19.2. The molecule has 0 aromatic carbocycles. The van der Waals surface area contributed by atoms with E-state index in [1.165, 1.54) is 6.08 Å².